The van der Waals surface area contributed by atoms with Crippen molar-refractivity contribution in [1.82, 2.24) is 20.0 Å². The Labute approximate surface area is 198 Å². The summed E-state index contributed by atoms with van der Waals surface area (Å²) in [7, 11) is 0. The van der Waals surface area contributed by atoms with E-state index in [-0.39, 0.29) is 18.0 Å². The van der Waals surface area contributed by atoms with Crippen molar-refractivity contribution in [3.05, 3.63) is 69.8 Å². The molecule has 5 rings (SSSR count). The zero-order valence-electron chi connectivity index (χ0n) is 18.4. The molecule has 10 heteroatoms. The minimum absolute atomic E-state index is 0.00922. The van der Waals surface area contributed by atoms with Crippen molar-refractivity contribution >= 4 is 39.8 Å². The van der Waals surface area contributed by atoms with Gasteiger partial charge in [0, 0.05) is 31.6 Å². The monoisotopic (exact) mass is 485 g/mol. The number of amides is 1. The van der Waals surface area contributed by atoms with Gasteiger partial charge in [0.05, 0.1) is 28.7 Å². The number of carbonyl (C=O) groups excluding carboxylic acids is 1. The number of nitrogens with one attached hydrogen (secondary N) is 1. The molecule has 3 aromatic rings. The summed E-state index contributed by atoms with van der Waals surface area (Å²) in [5.41, 5.74) is 1.61. The third-order valence-electron chi connectivity index (χ3n) is 5.85. The summed E-state index contributed by atoms with van der Waals surface area (Å²) in [6.45, 7) is 5.00. The van der Waals surface area contributed by atoms with Gasteiger partial charge in [-0.3, -0.25) is 9.48 Å². The predicted octanol–water partition coefficient (Wildman–Crippen LogP) is 4.29. The number of hydrogen-bond acceptors (Lipinski definition) is 5. The van der Waals surface area contributed by atoms with Gasteiger partial charge in [0.2, 0.25) is 0 Å². The maximum atomic E-state index is 13.5. The molecule has 6 nitrogen and oxygen atoms in total. The number of piperazine rings is 1. The van der Waals surface area contributed by atoms with Crippen LogP contribution in [-0.4, -0.2) is 51.9 Å². The van der Waals surface area contributed by atoms with Gasteiger partial charge in [-0.1, -0.05) is 23.8 Å². The molecule has 1 N–H and O–H groups in total. The van der Waals surface area contributed by atoms with E-state index < -0.39 is 11.7 Å². The molecule has 34 heavy (non-hydrogen) atoms. The van der Waals surface area contributed by atoms with Crippen LogP contribution < -0.4 is 5.32 Å². The predicted molar refractivity (Wildman–Crippen MR) is 127 cm³/mol. The number of hydrogen-bond donors (Lipinski definition) is 1. The van der Waals surface area contributed by atoms with E-state index in [1.807, 2.05) is 18.2 Å². The highest BCUT2D eigenvalue weighted by molar-refractivity contribution is 8.18. The molecule has 0 spiro atoms. The number of benzene rings is 2. The van der Waals surface area contributed by atoms with Gasteiger partial charge in [0.25, 0.3) is 5.91 Å². The number of aryl methyl sites for hydroxylation is 1. The van der Waals surface area contributed by atoms with Gasteiger partial charge in [0.15, 0.2) is 5.17 Å². The molecule has 2 aliphatic rings. The Morgan fingerprint density at radius 2 is 1.94 bits per heavy atom. The summed E-state index contributed by atoms with van der Waals surface area (Å²) < 4.78 is 42.1. The van der Waals surface area contributed by atoms with Crippen molar-refractivity contribution in [1.29, 1.82) is 0 Å². The van der Waals surface area contributed by atoms with Crippen LogP contribution >= 0.6 is 11.8 Å². The first kappa shape index (κ1) is 22.7. The number of halogens is 3. The standard InChI is InChI=1S/C24H22F3N5OS/c1-15-2-4-17(19(10-15)24(25,26)27)14-32-20-5-3-16(11-18(20)13-29-32)12-21-22(33)30-23(34-21)31-8-6-28-7-9-31/h2-5,10-13,28H,6-9,14H2,1H3/b21-12-. The van der Waals surface area contributed by atoms with Crippen molar-refractivity contribution in [2.45, 2.75) is 19.6 Å². The minimum atomic E-state index is -4.43. The fraction of sp³-hybridized carbons (Fsp3) is 0.292. The summed E-state index contributed by atoms with van der Waals surface area (Å²) in [5, 5.41) is 9.11. The van der Waals surface area contributed by atoms with E-state index in [1.165, 1.54) is 23.9 Å². The van der Waals surface area contributed by atoms with Gasteiger partial charge in [-0.05, 0) is 54.1 Å². The summed E-state index contributed by atoms with van der Waals surface area (Å²) in [5.74, 6) is -0.256. The molecule has 1 saturated heterocycles. The van der Waals surface area contributed by atoms with Crippen molar-refractivity contribution in [2.75, 3.05) is 26.2 Å². The van der Waals surface area contributed by atoms with Crippen molar-refractivity contribution in [2.24, 2.45) is 4.99 Å². The molecular formula is C24H22F3N5OS. The zero-order chi connectivity index (χ0) is 23.9. The molecule has 0 radical (unpaired) electrons. The lowest BCUT2D eigenvalue weighted by atomic mass is 10.0. The van der Waals surface area contributed by atoms with Crippen molar-refractivity contribution < 1.29 is 18.0 Å². The van der Waals surface area contributed by atoms with E-state index in [0.29, 0.717) is 10.5 Å². The van der Waals surface area contributed by atoms with E-state index >= 15 is 0 Å². The molecule has 0 aliphatic carbocycles. The van der Waals surface area contributed by atoms with E-state index in [0.717, 1.165) is 47.8 Å². The smallest absolute Gasteiger partial charge is 0.348 e. The number of carbonyl (C=O) groups is 1. The highest BCUT2D eigenvalue weighted by atomic mass is 32.2. The minimum Gasteiger partial charge on any atom is -0.348 e. The molecule has 2 aliphatic heterocycles. The number of alkyl halides is 3. The second-order valence-electron chi connectivity index (χ2n) is 8.33. The Hall–Kier alpha value is -3.11. The van der Waals surface area contributed by atoms with Crippen LogP contribution in [0, 0.1) is 6.92 Å². The first-order valence-electron chi connectivity index (χ1n) is 10.9. The molecule has 0 unspecified atom stereocenters. The van der Waals surface area contributed by atoms with Gasteiger partial charge < -0.3 is 10.2 Å². The van der Waals surface area contributed by atoms with E-state index in [2.05, 4.69) is 20.3 Å². The van der Waals surface area contributed by atoms with Gasteiger partial charge >= 0.3 is 6.18 Å². The molecule has 0 bridgehead atoms. The average molecular weight is 486 g/mol. The Bertz CT molecular complexity index is 1320. The van der Waals surface area contributed by atoms with Gasteiger partial charge in [-0.15, -0.1) is 0 Å². The Kier molecular flexibility index (Phi) is 5.95. The number of aromatic nitrogens is 2. The number of thioether (sulfide) groups is 1. The van der Waals surface area contributed by atoms with Crippen molar-refractivity contribution in [3.8, 4) is 0 Å². The maximum absolute atomic E-state index is 13.5. The number of aliphatic imine (C=N–C) groups is 1. The zero-order valence-corrected chi connectivity index (χ0v) is 19.2. The lowest BCUT2D eigenvalue weighted by Gasteiger charge is -2.27. The Morgan fingerprint density at radius 1 is 1.15 bits per heavy atom. The average Bonchev–Trinajstić information content (AvgIpc) is 3.38. The molecular weight excluding hydrogens is 463 g/mol. The van der Waals surface area contributed by atoms with E-state index in [9.17, 15) is 18.0 Å². The fourth-order valence-corrected chi connectivity index (χ4v) is 5.08. The number of fused-ring (bicyclic) bond motifs is 1. The molecule has 0 saturated carbocycles. The van der Waals surface area contributed by atoms with Crippen LogP contribution in [0.2, 0.25) is 0 Å². The topological polar surface area (TPSA) is 62.5 Å². The third-order valence-corrected chi connectivity index (χ3v) is 6.90. The van der Waals surface area contributed by atoms with E-state index in [1.54, 1.807) is 29.9 Å². The molecule has 0 atom stereocenters. The van der Waals surface area contributed by atoms with Crippen LogP contribution in [0.5, 0.6) is 0 Å². The van der Waals surface area contributed by atoms with E-state index in [4.69, 9.17) is 0 Å². The summed E-state index contributed by atoms with van der Waals surface area (Å²) in [6, 6.07) is 9.87. The van der Waals surface area contributed by atoms with Gasteiger partial charge in [-0.25, -0.2) is 0 Å². The number of nitrogens with zero attached hydrogens (tertiary/aromatic N) is 4. The molecule has 3 heterocycles. The molecule has 2 aromatic carbocycles. The quantitative estimate of drug-likeness (QED) is 0.561. The van der Waals surface area contributed by atoms with Crippen LogP contribution in [0.3, 0.4) is 0 Å². The van der Waals surface area contributed by atoms with Crippen LogP contribution in [-0.2, 0) is 17.5 Å². The summed E-state index contributed by atoms with van der Waals surface area (Å²) in [6.07, 6.45) is -1.00. The lowest BCUT2D eigenvalue weighted by Crippen LogP contribution is -2.45. The van der Waals surface area contributed by atoms with Gasteiger partial charge in [-0.2, -0.15) is 23.3 Å². The fourth-order valence-electron chi connectivity index (χ4n) is 4.12. The lowest BCUT2D eigenvalue weighted by molar-refractivity contribution is -0.138. The van der Waals surface area contributed by atoms with Crippen LogP contribution in [0.1, 0.15) is 22.3 Å². The highest BCUT2D eigenvalue weighted by Gasteiger charge is 2.33. The third kappa shape index (κ3) is 4.60. The first-order valence-corrected chi connectivity index (χ1v) is 11.7. The van der Waals surface area contributed by atoms with Gasteiger partial charge in [0.1, 0.15) is 0 Å². The second kappa shape index (κ2) is 8.92. The van der Waals surface area contributed by atoms with Crippen molar-refractivity contribution in [3.63, 3.8) is 0 Å². The van der Waals surface area contributed by atoms with Crippen LogP contribution in [0.15, 0.2) is 52.5 Å². The Balaban J connectivity index is 1.37. The molecule has 1 aromatic heterocycles. The largest absolute Gasteiger partial charge is 0.416 e. The second-order valence-corrected chi connectivity index (χ2v) is 9.34. The van der Waals surface area contributed by atoms with Crippen LogP contribution in [0.4, 0.5) is 13.2 Å². The number of rotatable bonds is 3. The number of amidine groups is 1. The normalized spacial score (nSPS) is 18.2. The Morgan fingerprint density at radius 3 is 2.71 bits per heavy atom. The molecule has 1 fully saturated rings. The SMILES string of the molecule is Cc1ccc(Cn2ncc3cc(/C=C4\SC(N5CCNCC5)=NC4=O)ccc32)c(C(F)(F)F)c1. The summed E-state index contributed by atoms with van der Waals surface area (Å²) >= 11 is 1.37. The summed E-state index contributed by atoms with van der Waals surface area (Å²) in [4.78, 5) is 19.3. The first-order chi connectivity index (χ1) is 16.3. The molecule has 176 valence electrons. The van der Waals surface area contributed by atoms with Crippen LogP contribution in [0.25, 0.3) is 17.0 Å². The maximum Gasteiger partial charge on any atom is 0.416 e. The molecule has 1 amide bonds. The highest BCUT2D eigenvalue weighted by Crippen LogP contribution is 2.34.